The standard InChI is InChI=1S/3C5H6N2O.2ClHO4.Cu/c3*1-4-5(2-8)7-3-6-4;2*2-1(3,4)5;/h3*2-3H,1H3,(H,6,7);2*(H,2,3,4,5);/q;;;;;+2/p-2. The Morgan fingerprint density at radius 3 is 0.800 bits per heavy atom. The number of aldehydes is 3. The largest absolute Gasteiger partial charge is 2.00 e. The topological polar surface area (TPSA) is 322 Å². The molecule has 0 aliphatic rings. The summed E-state index contributed by atoms with van der Waals surface area (Å²) in [7, 11) is -9.89. The Balaban J connectivity index is -0.000000370. The summed E-state index contributed by atoms with van der Waals surface area (Å²) in [5, 5.41) is 0. The zero-order valence-electron chi connectivity index (χ0n) is 17.9. The summed E-state index contributed by atoms with van der Waals surface area (Å²) in [5.74, 6) is 0. The van der Waals surface area contributed by atoms with Crippen LogP contribution in [0.5, 0.6) is 0 Å². The summed E-state index contributed by atoms with van der Waals surface area (Å²) < 4.78 is 67.9. The van der Waals surface area contributed by atoms with Crippen molar-refractivity contribution in [3.05, 3.63) is 53.1 Å². The molecule has 35 heavy (non-hydrogen) atoms. The molecule has 0 saturated carbocycles. The second-order valence-electron chi connectivity index (χ2n) is 5.35. The molecule has 0 aliphatic heterocycles. The van der Waals surface area contributed by atoms with Gasteiger partial charge in [-0.1, -0.05) is 0 Å². The first kappa shape index (κ1) is 37.0. The van der Waals surface area contributed by atoms with Crippen molar-refractivity contribution in [3.63, 3.8) is 0 Å². The molecule has 3 aromatic heterocycles. The first-order valence-corrected chi connectivity index (χ1v) is 10.6. The second-order valence-corrected chi connectivity index (χ2v) is 6.86. The van der Waals surface area contributed by atoms with Crippen LogP contribution in [-0.2, 0) is 17.1 Å². The van der Waals surface area contributed by atoms with Crippen LogP contribution in [0.25, 0.3) is 0 Å². The number of carbonyl (C=O) groups excluding carboxylic acids is 3. The van der Waals surface area contributed by atoms with Crippen molar-refractivity contribution in [1.29, 1.82) is 0 Å². The number of H-pyrrole nitrogens is 3. The molecule has 0 aromatic carbocycles. The van der Waals surface area contributed by atoms with Crippen LogP contribution in [-0.4, -0.2) is 48.8 Å². The molecule has 1 radical (unpaired) electrons. The molecule has 3 rings (SSSR count). The van der Waals surface area contributed by atoms with Gasteiger partial charge in [-0.05, 0) is 20.8 Å². The number of halogens is 2. The number of hydrogen-bond donors (Lipinski definition) is 3. The second kappa shape index (κ2) is 18.7. The van der Waals surface area contributed by atoms with E-state index in [-0.39, 0.29) is 17.1 Å². The van der Waals surface area contributed by atoms with Gasteiger partial charge in [0.2, 0.25) is 0 Å². The summed E-state index contributed by atoms with van der Waals surface area (Å²) in [6.07, 6.45) is 6.68. The van der Waals surface area contributed by atoms with Crippen molar-refractivity contribution in [1.82, 2.24) is 29.9 Å². The molecule has 0 saturated heterocycles. The number of nitrogens with one attached hydrogen (secondary N) is 3. The van der Waals surface area contributed by atoms with E-state index >= 15 is 0 Å². The first-order valence-electron chi connectivity index (χ1n) is 8.12. The van der Waals surface area contributed by atoms with E-state index in [0.29, 0.717) is 17.1 Å². The van der Waals surface area contributed by atoms with E-state index in [1.54, 1.807) is 20.8 Å². The Morgan fingerprint density at radius 1 is 0.571 bits per heavy atom. The zero-order chi connectivity index (χ0) is 26.9. The number of aryl methyl sites for hydroxylation is 3. The van der Waals surface area contributed by atoms with E-state index in [2.05, 4.69) is 29.9 Å². The van der Waals surface area contributed by atoms with Gasteiger partial charge in [0.05, 0.1) is 19.0 Å². The minimum absolute atomic E-state index is 0. The van der Waals surface area contributed by atoms with Gasteiger partial charge in [0.25, 0.3) is 0 Å². The number of imidazole rings is 3. The third kappa shape index (κ3) is 24.3. The van der Waals surface area contributed by atoms with E-state index in [1.165, 1.54) is 19.0 Å². The number of aromatic nitrogens is 6. The van der Waals surface area contributed by atoms with Crippen LogP contribution in [0.4, 0.5) is 0 Å². The predicted molar refractivity (Wildman–Crippen MR) is 86.1 cm³/mol. The summed E-state index contributed by atoms with van der Waals surface area (Å²) in [4.78, 5) is 49.5. The maximum Gasteiger partial charge on any atom is 2.00 e. The van der Waals surface area contributed by atoms with Crippen molar-refractivity contribution in [2.24, 2.45) is 0 Å². The normalized spacial score (nSPS) is 9.69. The molecule has 199 valence electrons. The average Bonchev–Trinajstić information content (AvgIpc) is 3.41. The number of aromatic amines is 3. The van der Waals surface area contributed by atoms with E-state index in [1.807, 2.05) is 0 Å². The van der Waals surface area contributed by atoms with Crippen LogP contribution in [0.2, 0.25) is 0 Å². The van der Waals surface area contributed by atoms with Gasteiger partial charge in [0.15, 0.2) is 18.9 Å². The molecule has 0 unspecified atom stereocenters. The minimum atomic E-state index is -4.94. The van der Waals surface area contributed by atoms with Crippen LogP contribution in [0.15, 0.2) is 19.0 Å². The predicted octanol–water partition coefficient (Wildman–Crippen LogP) is -7.92. The SMILES string of the molecule is Cc1[nH]cnc1C=O.Cc1[nH]cnc1C=O.Cc1[nH]cnc1C=O.[Cu+2].[O-][Cl+3]([O-])([O-])[O-].[O-][Cl+3]([O-])([O-])[O-]. The molecular weight excluding hydrogens is 575 g/mol. The number of carbonyl (C=O) groups is 3. The maximum atomic E-state index is 10.0. The summed E-state index contributed by atoms with van der Waals surface area (Å²) in [6.45, 7) is 5.41. The van der Waals surface area contributed by atoms with Gasteiger partial charge in [-0.2, -0.15) is 0 Å². The molecule has 0 aliphatic carbocycles. The minimum Gasteiger partial charge on any atom is -0.348 e. The maximum absolute atomic E-state index is 10.0. The van der Waals surface area contributed by atoms with E-state index in [4.69, 9.17) is 37.3 Å². The molecule has 0 fully saturated rings. The van der Waals surface area contributed by atoms with Crippen LogP contribution in [0, 0.1) is 41.3 Å². The molecule has 0 atom stereocenters. The van der Waals surface area contributed by atoms with E-state index in [9.17, 15) is 14.4 Å². The fourth-order valence-electron chi connectivity index (χ4n) is 1.46. The van der Waals surface area contributed by atoms with Gasteiger partial charge >= 0.3 is 17.1 Å². The number of rotatable bonds is 3. The molecule has 3 heterocycles. The van der Waals surface area contributed by atoms with Crippen molar-refractivity contribution in [2.75, 3.05) is 0 Å². The Hall–Kier alpha value is -2.58. The molecular formula is C15H18Cl2CuN6O11. The van der Waals surface area contributed by atoms with Crippen LogP contribution < -0.4 is 37.3 Å². The Morgan fingerprint density at radius 2 is 0.743 bits per heavy atom. The Bertz CT molecular complexity index is 855. The average molecular weight is 593 g/mol. The zero-order valence-corrected chi connectivity index (χ0v) is 20.3. The van der Waals surface area contributed by atoms with Crippen molar-refractivity contribution >= 4 is 18.9 Å². The summed E-state index contributed by atoms with van der Waals surface area (Å²) in [5.41, 5.74) is 3.93. The monoisotopic (exact) mass is 591 g/mol. The molecule has 0 spiro atoms. The fraction of sp³-hybridized carbons (Fsp3) is 0.200. The van der Waals surface area contributed by atoms with Gasteiger partial charge in [-0.15, -0.1) is 20.5 Å². The quantitative estimate of drug-likeness (QED) is 0.188. The molecule has 0 amide bonds. The van der Waals surface area contributed by atoms with Crippen molar-refractivity contribution in [3.8, 4) is 0 Å². The fourth-order valence-corrected chi connectivity index (χ4v) is 1.46. The van der Waals surface area contributed by atoms with E-state index in [0.717, 1.165) is 35.9 Å². The molecule has 0 bridgehead atoms. The number of nitrogens with zero attached hydrogens (tertiary/aromatic N) is 3. The van der Waals surface area contributed by atoms with Gasteiger partial charge < -0.3 is 15.0 Å². The summed E-state index contributed by atoms with van der Waals surface area (Å²) in [6, 6.07) is 0. The first-order chi connectivity index (χ1) is 15.5. The number of hydrogen-bond acceptors (Lipinski definition) is 14. The van der Waals surface area contributed by atoms with Crippen LogP contribution in [0.1, 0.15) is 48.5 Å². The third-order valence-corrected chi connectivity index (χ3v) is 2.94. The van der Waals surface area contributed by atoms with Gasteiger partial charge in [-0.3, -0.25) is 14.4 Å². The van der Waals surface area contributed by atoms with Crippen molar-refractivity contribution in [2.45, 2.75) is 20.8 Å². The van der Waals surface area contributed by atoms with Gasteiger partial charge in [0, 0.05) is 17.1 Å². The molecule has 3 N–H and O–H groups in total. The molecule has 20 heteroatoms. The van der Waals surface area contributed by atoms with Crippen molar-refractivity contribution < 1.29 is 89.2 Å². The summed E-state index contributed by atoms with van der Waals surface area (Å²) >= 11 is 0. The Kier molecular flexibility index (Phi) is 19.8. The van der Waals surface area contributed by atoms with Crippen LogP contribution in [0.3, 0.4) is 0 Å². The van der Waals surface area contributed by atoms with Crippen LogP contribution >= 0.6 is 0 Å². The smallest absolute Gasteiger partial charge is 0.348 e. The molecule has 17 nitrogen and oxygen atoms in total. The van der Waals surface area contributed by atoms with Gasteiger partial charge in [0.1, 0.15) is 17.1 Å². The van der Waals surface area contributed by atoms with Gasteiger partial charge in [-0.25, -0.2) is 52.2 Å². The molecule has 3 aromatic rings. The Labute approximate surface area is 211 Å². The van der Waals surface area contributed by atoms with E-state index < -0.39 is 20.5 Å². The third-order valence-electron chi connectivity index (χ3n) is 2.94.